The van der Waals surface area contributed by atoms with Crippen molar-refractivity contribution < 1.29 is 9.53 Å². The summed E-state index contributed by atoms with van der Waals surface area (Å²) >= 11 is 0. The first-order chi connectivity index (χ1) is 11.6. The zero-order valence-electron chi connectivity index (χ0n) is 14.7. The van der Waals surface area contributed by atoms with Gasteiger partial charge in [0.1, 0.15) is 5.75 Å². The molecule has 1 N–H and O–H groups in total. The van der Waals surface area contributed by atoms with Gasteiger partial charge in [-0.2, -0.15) is 0 Å². The highest BCUT2D eigenvalue weighted by Gasteiger charge is 2.06. The zero-order valence-corrected chi connectivity index (χ0v) is 14.7. The van der Waals surface area contributed by atoms with Gasteiger partial charge in [0, 0.05) is 13.1 Å². The molecule has 0 atom stereocenters. The van der Waals surface area contributed by atoms with Crippen molar-refractivity contribution in [1.29, 1.82) is 0 Å². The molecule has 0 heterocycles. The molecule has 2 rings (SSSR count). The van der Waals surface area contributed by atoms with E-state index in [-0.39, 0.29) is 5.91 Å². The van der Waals surface area contributed by atoms with Crippen molar-refractivity contribution in [3.63, 3.8) is 0 Å². The summed E-state index contributed by atoms with van der Waals surface area (Å²) in [6.45, 7) is 3.79. The molecule has 1 amide bonds. The van der Waals surface area contributed by atoms with E-state index in [1.54, 1.807) is 0 Å². The molecule has 2 aromatic carbocycles. The molecule has 0 aliphatic heterocycles. The standard InChI is InChI=1S/C20H26N2O2/c1-16-8-4-7-11-19(16)24-13-12-20(23)21-14-17-9-5-6-10-18(17)15-22(2)3/h4-11H,12-15H2,1-3H3,(H,21,23). The van der Waals surface area contributed by atoms with Gasteiger partial charge in [0.25, 0.3) is 0 Å². The van der Waals surface area contributed by atoms with Gasteiger partial charge in [0.05, 0.1) is 13.0 Å². The Morgan fingerprint density at radius 2 is 1.71 bits per heavy atom. The van der Waals surface area contributed by atoms with E-state index >= 15 is 0 Å². The second-order valence-electron chi connectivity index (χ2n) is 6.15. The van der Waals surface area contributed by atoms with Gasteiger partial charge in [0.2, 0.25) is 5.91 Å². The van der Waals surface area contributed by atoms with Gasteiger partial charge in [-0.3, -0.25) is 4.79 Å². The van der Waals surface area contributed by atoms with Crippen LogP contribution in [0.5, 0.6) is 5.75 Å². The molecular weight excluding hydrogens is 300 g/mol. The maximum absolute atomic E-state index is 12.0. The molecule has 0 aliphatic rings. The smallest absolute Gasteiger partial charge is 0.223 e. The summed E-state index contributed by atoms with van der Waals surface area (Å²) in [5.74, 6) is 0.838. The number of hydrogen-bond donors (Lipinski definition) is 1. The number of carbonyl (C=O) groups excluding carboxylic acids is 1. The number of nitrogens with one attached hydrogen (secondary N) is 1. The SMILES string of the molecule is Cc1ccccc1OCCC(=O)NCc1ccccc1CN(C)C. The highest BCUT2D eigenvalue weighted by Crippen LogP contribution is 2.16. The summed E-state index contributed by atoms with van der Waals surface area (Å²) in [7, 11) is 4.08. The van der Waals surface area contributed by atoms with E-state index in [0.29, 0.717) is 19.6 Å². The van der Waals surface area contributed by atoms with Gasteiger partial charge < -0.3 is 15.0 Å². The van der Waals surface area contributed by atoms with Crippen LogP contribution in [0.2, 0.25) is 0 Å². The average molecular weight is 326 g/mol. The zero-order chi connectivity index (χ0) is 17.4. The van der Waals surface area contributed by atoms with E-state index in [0.717, 1.165) is 23.4 Å². The van der Waals surface area contributed by atoms with Crippen LogP contribution in [0.25, 0.3) is 0 Å². The second-order valence-corrected chi connectivity index (χ2v) is 6.15. The highest BCUT2D eigenvalue weighted by molar-refractivity contribution is 5.76. The minimum absolute atomic E-state index is 0.00300. The lowest BCUT2D eigenvalue weighted by Gasteiger charge is -2.15. The van der Waals surface area contributed by atoms with Crippen molar-refractivity contribution in [2.24, 2.45) is 0 Å². The molecule has 0 aromatic heterocycles. The van der Waals surface area contributed by atoms with E-state index in [9.17, 15) is 4.79 Å². The Morgan fingerprint density at radius 1 is 1.04 bits per heavy atom. The van der Waals surface area contributed by atoms with Gasteiger partial charge in [-0.1, -0.05) is 42.5 Å². The number of para-hydroxylation sites is 1. The molecule has 0 saturated carbocycles. The Balaban J connectivity index is 1.78. The molecule has 0 spiro atoms. The normalized spacial score (nSPS) is 10.7. The fourth-order valence-corrected chi connectivity index (χ4v) is 2.48. The third-order valence-corrected chi connectivity index (χ3v) is 3.76. The van der Waals surface area contributed by atoms with Crippen LogP contribution in [0, 0.1) is 6.92 Å². The molecule has 24 heavy (non-hydrogen) atoms. The third-order valence-electron chi connectivity index (χ3n) is 3.76. The number of rotatable bonds is 8. The van der Waals surface area contributed by atoms with Gasteiger partial charge in [-0.15, -0.1) is 0 Å². The summed E-state index contributed by atoms with van der Waals surface area (Å²) < 4.78 is 5.67. The lowest BCUT2D eigenvalue weighted by atomic mass is 10.1. The van der Waals surface area contributed by atoms with Gasteiger partial charge >= 0.3 is 0 Å². The molecule has 2 aromatic rings. The maximum atomic E-state index is 12.0. The van der Waals surface area contributed by atoms with Crippen LogP contribution < -0.4 is 10.1 Å². The number of carbonyl (C=O) groups is 1. The van der Waals surface area contributed by atoms with Crippen LogP contribution in [0.3, 0.4) is 0 Å². The van der Waals surface area contributed by atoms with Crippen molar-refractivity contribution in [2.45, 2.75) is 26.4 Å². The predicted octanol–water partition coefficient (Wildman–Crippen LogP) is 3.14. The minimum atomic E-state index is 0.00300. The van der Waals surface area contributed by atoms with E-state index < -0.39 is 0 Å². The molecule has 0 radical (unpaired) electrons. The lowest BCUT2D eigenvalue weighted by molar-refractivity contribution is -0.121. The fourth-order valence-electron chi connectivity index (χ4n) is 2.48. The van der Waals surface area contributed by atoms with Crippen LogP contribution in [0.4, 0.5) is 0 Å². The molecule has 0 bridgehead atoms. The van der Waals surface area contributed by atoms with Crippen LogP contribution in [0.1, 0.15) is 23.1 Å². The largest absolute Gasteiger partial charge is 0.493 e. The molecule has 4 heteroatoms. The van der Waals surface area contributed by atoms with Crippen LogP contribution in [0.15, 0.2) is 48.5 Å². The van der Waals surface area contributed by atoms with E-state index in [1.807, 2.05) is 57.4 Å². The molecule has 0 fully saturated rings. The summed E-state index contributed by atoms with van der Waals surface area (Å²) in [4.78, 5) is 14.1. The first-order valence-electron chi connectivity index (χ1n) is 8.23. The Morgan fingerprint density at radius 3 is 2.42 bits per heavy atom. The third kappa shape index (κ3) is 5.70. The molecule has 128 valence electrons. The first-order valence-corrected chi connectivity index (χ1v) is 8.23. The van der Waals surface area contributed by atoms with Crippen molar-refractivity contribution in [3.05, 3.63) is 65.2 Å². The Hall–Kier alpha value is -2.33. The van der Waals surface area contributed by atoms with Crippen molar-refractivity contribution in [3.8, 4) is 5.75 Å². The van der Waals surface area contributed by atoms with Gasteiger partial charge in [-0.05, 0) is 43.8 Å². The van der Waals surface area contributed by atoms with E-state index in [1.165, 1.54) is 5.56 Å². The summed E-state index contributed by atoms with van der Waals surface area (Å²) in [6.07, 6.45) is 0.351. The van der Waals surface area contributed by atoms with Crippen LogP contribution in [-0.2, 0) is 17.9 Å². The first kappa shape index (κ1) is 18.0. The molecule has 0 unspecified atom stereocenters. The van der Waals surface area contributed by atoms with Crippen LogP contribution in [-0.4, -0.2) is 31.5 Å². The number of nitrogens with zero attached hydrogens (tertiary/aromatic N) is 1. The minimum Gasteiger partial charge on any atom is -0.493 e. The number of benzene rings is 2. The van der Waals surface area contributed by atoms with Crippen LogP contribution >= 0.6 is 0 Å². The Bertz CT molecular complexity index is 668. The average Bonchev–Trinajstić information content (AvgIpc) is 2.55. The number of aryl methyl sites for hydroxylation is 1. The molecule has 0 aliphatic carbocycles. The van der Waals surface area contributed by atoms with E-state index in [2.05, 4.69) is 22.3 Å². The molecule has 0 saturated heterocycles. The quantitative estimate of drug-likeness (QED) is 0.810. The molecular formula is C20H26N2O2. The number of ether oxygens (including phenoxy) is 1. The maximum Gasteiger partial charge on any atom is 0.223 e. The lowest BCUT2D eigenvalue weighted by Crippen LogP contribution is -2.25. The number of hydrogen-bond acceptors (Lipinski definition) is 3. The predicted molar refractivity (Wildman–Crippen MR) is 97.0 cm³/mol. The van der Waals surface area contributed by atoms with Gasteiger partial charge in [0.15, 0.2) is 0 Å². The Kier molecular flexibility index (Phi) is 6.82. The van der Waals surface area contributed by atoms with Crippen molar-refractivity contribution in [1.82, 2.24) is 10.2 Å². The summed E-state index contributed by atoms with van der Waals surface area (Å²) in [6, 6.07) is 16.0. The van der Waals surface area contributed by atoms with E-state index in [4.69, 9.17) is 4.74 Å². The summed E-state index contributed by atoms with van der Waals surface area (Å²) in [5, 5.41) is 2.98. The monoisotopic (exact) mass is 326 g/mol. The Labute approximate surface area is 144 Å². The number of amides is 1. The fraction of sp³-hybridized carbons (Fsp3) is 0.350. The molecule has 4 nitrogen and oxygen atoms in total. The van der Waals surface area contributed by atoms with Gasteiger partial charge in [-0.25, -0.2) is 0 Å². The summed E-state index contributed by atoms with van der Waals surface area (Å²) in [5.41, 5.74) is 3.47. The van der Waals surface area contributed by atoms with Crippen molar-refractivity contribution in [2.75, 3.05) is 20.7 Å². The second kappa shape index (κ2) is 9.08. The van der Waals surface area contributed by atoms with Crippen molar-refractivity contribution >= 4 is 5.91 Å². The highest BCUT2D eigenvalue weighted by atomic mass is 16.5. The topological polar surface area (TPSA) is 41.6 Å².